The largest absolute Gasteiger partial charge is 0.369 e. The lowest BCUT2D eigenvalue weighted by atomic mass is 9.88. The summed E-state index contributed by atoms with van der Waals surface area (Å²) in [6.07, 6.45) is 11.9. The van der Waals surface area contributed by atoms with Gasteiger partial charge in [-0.1, -0.05) is 6.58 Å². The number of hydrogen-bond acceptors (Lipinski definition) is 6. The number of dihydropyridines is 1. The standard InChI is InChI=1S/C31H42N6O/c1-8-37(27-11-9-26(10-12-27)36(6)7)30-15-24(25-16-32-19-33-17-25)14-28(22(30)4)31(38)34-18-29-20(2)13-21(3)35-23(29)5/h13-17,19,26-27,35H,5,8-12,18H2,1-4,6-7H3,(H,34,38)/t26-,27-. The molecule has 1 amide bonds. The number of anilines is 1. The van der Waals surface area contributed by atoms with E-state index in [1.165, 1.54) is 19.2 Å². The van der Waals surface area contributed by atoms with Gasteiger partial charge in [0.05, 0.1) is 0 Å². The second-order valence-corrected chi connectivity index (χ2v) is 10.8. The molecule has 2 aromatic rings. The van der Waals surface area contributed by atoms with E-state index in [4.69, 9.17) is 0 Å². The van der Waals surface area contributed by atoms with Gasteiger partial charge in [-0.25, -0.2) is 9.97 Å². The van der Waals surface area contributed by atoms with Crippen molar-refractivity contribution >= 4 is 11.6 Å². The van der Waals surface area contributed by atoms with Crippen LogP contribution in [0.4, 0.5) is 5.69 Å². The molecule has 2 N–H and O–H groups in total. The second kappa shape index (κ2) is 11.9. The zero-order valence-corrected chi connectivity index (χ0v) is 23.8. The first-order chi connectivity index (χ1) is 18.2. The Labute approximate surface area is 227 Å². The number of nitrogens with one attached hydrogen (secondary N) is 2. The van der Waals surface area contributed by atoms with Crippen molar-refractivity contribution in [3.63, 3.8) is 0 Å². The van der Waals surface area contributed by atoms with Crippen molar-refractivity contribution in [3.8, 4) is 11.1 Å². The Kier molecular flexibility index (Phi) is 8.67. The lowest BCUT2D eigenvalue weighted by Crippen LogP contribution is -2.42. The maximum absolute atomic E-state index is 13.7. The maximum atomic E-state index is 13.7. The molecule has 2 aliphatic rings. The molecule has 1 aliphatic heterocycles. The molecule has 1 saturated carbocycles. The number of nitrogens with zero attached hydrogens (tertiary/aromatic N) is 4. The Morgan fingerprint density at radius 1 is 1.05 bits per heavy atom. The summed E-state index contributed by atoms with van der Waals surface area (Å²) in [4.78, 5) is 27.0. The number of carbonyl (C=O) groups is 1. The third kappa shape index (κ3) is 5.99. The van der Waals surface area contributed by atoms with Crippen LogP contribution >= 0.6 is 0 Å². The topological polar surface area (TPSA) is 73.4 Å². The fourth-order valence-corrected chi connectivity index (χ4v) is 5.87. The van der Waals surface area contributed by atoms with E-state index in [0.717, 1.165) is 64.3 Å². The van der Waals surface area contributed by atoms with Crippen molar-refractivity contribution in [1.82, 2.24) is 25.5 Å². The van der Waals surface area contributed by atoms with Crippen molar-refractivity contribution in [2.75, 3.05) is 32.1 Å². The Bertz CT molecular complexity index is 1240. The molecule has 7 nitrogen and oxygen atoms in total. The average Bonchev–Trinajstić information content (AvgIpc) is 2.90. The van der Waals surface area contributed by atoms with Gasteiger partial charge in [-0.15, -0.1) is 0 Å². The molecular formula is C31H42N6O. The van der Waals surface area contributed by atoms with Crippen LogP contribution in [0.3, 0.4) is 0 Å². The molecule has 202 valence electrons. The fourth-order valence-electron chi connectivity index (χ4n) is 5.87. The molecule has 1 aromatic heterocycles. The summed E-state index contributed by atoms with van der Waals surface area (Å²) in [5.41, 5.74) is 8.68. The summed E-state index contributed by atoms with van der Waals surface area (Å²) in [6.45, 7) is 13.8. The SMILES string of the molecule is C=C1NC(C)=CC(C)=C1CNC(=O)c1cc(-c2cncnc2)cc(N(CC)[C@H]2CC[C@H](N(C)C)CC2)c1C. The highest BCUT2D eigenvalue weighted by Crippen LogP contribution is 2.35. The van der Waals surface area contributed by atoms with Gasteiger partial charge >= 0.3 is 0 Å². The third-order valence-electron chi connectivity index (χ3n) is 8.05. The minimum absolute atomic E-state index is 0.0887. The second-order valence-electron chi connectivity index (χ2n) is 10.8. The van der Waals surface area contributed by atoms with Crippen molar-refractivity contribution < 1.29 is 4.79 Å². The number of carbonyl (C=O) groups excluding carboxylic acids is 1. The quantitative estimate of drug-likeness (QED) is 0.503. The Balaban J connectivity index is 1.67. The monoisotopic (exact) mass is 514 g/mol. The van der Waals surface area contributed by atoms with Gasteiger partial charge in [0.25, 0.3) is 5.91 Å². The molecule has 1 aliphatic carbocycles. The van der Waals surface area contributed by atoms with E-state index in [9.17, 15) is 4.79 Å². The summed E-state index contributed by atoms with van der Waals surface area (Å²) in [6, 6.07) is 5.27. The van der Waals surface area contributed by atoms with E-state index in [0.29, 0.717) is 24.2 Å². The number of amides is 1. The first-order valence-corrected chi connectivity index (χ1v) is 13.6. The molecule has 0 atom stereocenters. The van der Waals surface area contributed by atoms with Crippen LogP contribution in [0.25, 0.3) is 11.1 Å². The van der Waals surface area contributed by atoms with Crippen LogP contribution in [0.15, 0.2) is 66.0 Å². The van der Waals surface area contributed by atoms with E-state index in [1.54, 1.807) is 0 Å². The molecule has 38 heavy (non-hydrogen) atoms. The van der Waals surface area contributed by atoms with Crippen LogP contribution in [0.5, 0.6) is 0 Å². The minimum atomic E-state index is -0.0887. The van der Waals surface area contributed by atoms with Crippen LogP contribution in [-0.2, 0) is 0 Å². The van der Waals surface area contributed by atoms with Crippen LogP contribution in [-0.4, -0.2) is 60.0 Å². The van der Waals surface area contributed by atoms with Gasteiger partial charge in [-0.2, -0.15) is 0 Å². The zero-order valence-electron chi connectivity index (χ0n) is 23.8. The van der Waals surface area contributed by atoms with Crippen molar-refractivity contribution in [3.05, 3.63) is 77.2 Å². The van der Waals surface area contributed by atoms with E-state index in [2.05, 4.69) is 84.0 Å². The van der Waals surface area contributed by atoms with Crippen LogP contribution in [0.1, 0.15) is 62.4 Å². The summed E-state index contributed by atoms with van der Waals surface area (Å²) in [7, 11) is 4.35. The predicted octanol–water partition coefficient (Wildman–Crippen LogP) is 5.22. The first kappa shape index (κ1) is 27.6. The van der Waals surface area contributed by atoms with E-state index < -0.39 is 0 Å². The molecule has 0 radical (unpaired) electrons. The average molecular weight is 515 g/mol. The molecule has 2 heterocycles. The summed E-state index contributed by atoms with van der Waals surface area (Å²) in [5, 5.41) is 6.44. The molecule has 0 spiro atoms. The van der Waals surface area contributed by atoms with Crippen molar-refractivity contribution in [2.24, 2.45) is 0 Å². The molecular weight excluding hydrogens is 472 g/mol. The van der Waals surface area contributed by atoms with Gasteiger partial charge in [0.1, 0.15) is 6.33 Å². The number of aromatic nitrogens is 2. The molecule has 0 saturated heterocycles. The van der Waals surface area contributed by atoms with Gasteiger partial charge in [0.2, 0.25) is 0 Å². The van der Waals surface area contributed by atoms with Crippen LogP contribution in [0, 0.1) is 6.92 Å². The Hall–Kier alpha value is -3.45. The summed E-state index contributed by atoms with van der Waals surface area (Å²) >= 11 is 0. The highest BCUT2D eigenvalue weighted by atomic mass is 16.1. The smallest absolute Gasteiger partial charge is 0.251 e. The molecule has 4 rings (SSSR count). The number of benzene rings is 1. The highest BCUT2D eigenvalue weighted by molar-refractivity contribution is 5.99. The van der Waals surface area contributed by atoms with Crippen molar-refractivity contribution in [1.29, 1.82) is 0 Å². The van der Waals surface area contributed by atoms with E-state index >= 15 is 0 Å². The van der Waals surface area contributed by atoms with E-state index in [1.807, 2.05) is 25.4 Å². The minimum Gasteiger partial charge on any atom is -0.369 e. The Morgan fingerprint density at radius 2 is 1.71 bits per heavy atom. The highest BCUT2D eigenvalue weighted by Gasteiger charge is 2.28. The van der Waals surface area contributed by atoms with Gasteiger partial charge in [0, 0.05) is 65.8 Å². The molecule has 1 aromatic carbocycles. The first-order valence-electron chi connectivity index (χ1n) is 13.6. The van der Waals surface area contributed by atoms with Crippen LogP contribution in [0.2, 0.25) is 0 Å². The third-order valence-corrected chi connectivity index (χ3v) is 8.05. The molecule has 0 bridgehead atoms. The summed E-state index contributed by atoms with van der Waals surface area (Å²) in [5.74, 6) is -0.0887. The van der Waals surface area contributed by atoms with Gasteiger partial charge in [-0.05, 0) is 108 Å². The molecule has 0 unspecified atom stereocenters. The lowest BCUT2D eigenvalue weighted by Gasteiger charge is -2.40. The fraction of sp³-hybridized carbons (Fsp3) is 0.452. The maximum Gasteiger partial charge on any atom is 0.251 e. The van der Waals surface area contributed by atoms with Gasteiger partial charge in [-0.3, -0.25) is 4.79 Å². The lowest BCUT2D eigenvalue weighted by molar-refractivity contribution is 0.0956. The summed E-state index contributed by atoms with van der Waals surface area (Å²) < 4.78 is 0. The van der Waals surface area contributed by atoms with E-state index in [-0.39, 0.29) is 5.91 Å². The normalized spacial score (nSPS) is 19.8. The van der Waals surface area contributed by atoms with Gasteiger partial charge in [0.15, 0.2) is 0 Å². The molecule has 1 fully saturated rings. The zero-order chi connectivity index (χ0) is 27.4. The number of rotatable bonds is 8. The van der Waals surface area contributed by atoms with Gasteiger partial charge < -0.3 is 20.4 Å². The number of allylic oxidation sites excluding steroid dienone is 3. The van der Waals surface area contributed by atoms with Crippen LogP contribution < -0.4 is 15.5 Å². The molecule has 7 heteroatoms. The predicted molar refractivity (Wildman–Crippen MR) is 156 cm³/mol. The van der Waals surface area contributed by atoms with Crippen molar-refractivity contribution in [2.45, 2.75) is 65.5 Å². The number of hydrogen-bond donors (Lipinski definition) is 2. The Morgan fingerprint density at radius 3 is 2.32 bits per heavy atom.